The maximum absolute atomic E-state index is 13.8. The normalized spacial score (nSPS) is 11.8. The molecule has 0 bridgehead atoms. The Morgan fingerprint density at radius 3 is 2.31 bits per heavy atom. The van der Waals surface area contributed by atoms with E-state index >= 15 is 0 Å². The third-order valence-corrected chi connectivity index (χ3v) is 7.45. The van der Waals surface area contributed by atoms with Crippen molar-refractivity contribution in [2.75, 3.05) is 27.3 Å². The highest BCUT2D eigenvalue weighted by molar-refractivity contribution is 7.12. The van der Waals surface area contributed by atoms with Gasteiger partial charge in [-0.05, 0) is 73.5 Å². The van der Waals surface area contributed by atoms with Crippen molar-refractivity contribution in [1.82, 2.24) is 15.5 Å². The molecular formula is C30H37N3O5S. The number of rotatable bonds is 13. The van der Waals surface area contributed by atoms with E-state index in [2.05, 4.69) is 10.6 Å². The molecule has 39 heavy (non-hydrogen) atoms. The SMILES string of the molecule is CCC(C)(C)NC(=O)[C@@H](c1cccc(OC)c1)N(CCc1ccc(OC)cc1)C(=O)CNC(=O)c1cccs1. The van der Waals surface area contributed by atoms with Crippen molar-refractivity contribution in [3.05, 3.63) is 82.0 Å². The zero-order chi connectivity index (χ0) is 28.4. The van der Waals surface area contributed by atoms with Crippen LogP contribution in [0.2, 0.25) is 0 Å². The van der Waals surface area contributed by atoms with Crippen LogP contribution in [0.4, 0.5) is 0 Å². The number of thiophene rings is 1. The van der Waals surface area contributed by atoms with E-state index in [1.54, 1.807) is 49.9 Å². The summed E-state index contributed by atoms with van der Waals surface area (Å²) in [5.74, 6) is 0.309. The number of carbonyl (C=O) groups excluding carboxylic acids is 3. The Morgan fingerprint density at radius 2 is 1.69 bits per heavy atom. The van der Waals surface area contributed by atoms with Crippen LogP contribution in [0.3, 0.4) is 0 Å². The quantitative estimate of drug-likeness (QED) is 0.323. The molecule has 0 spiro atoms. The van der Waals surface area contributed by atoms with Crippen LogP contribution in [0.25, 0.3) is 0 Å². The molecule has 9 heteroatoms. The molecule has 3 aromatic rings. The Bertz CT molecular complexity index is 1240. The van der Waals surface area contributed by atoms with E-state index in [0.717, 1.165) is 11.3 Å². The molecule has 2 aromatic carbocycles. The van der Waals surface area contributed by atoms with Gasteiger partial charge < -0.3 is 25.0 Å². The summed E-state index contributed by atoms with van der Waals surface area (Å²) in [5.41, 5.74) is 1.12. The van der Waals surface area contributed by atoms with Gasteiger partial charge >= 0.3 is 0 Å². The van der Waals surface area contributed by atoms with Crippen LogP contribution < -0.4 is 20.1 Å². The van der Waals surface area contributed by atoms with E-state index in [1.165, 1.54) is 16.2 Å². The molecule has 3 rings (SSSR count). The molecule has 0 aliphatic carbocycles. The van der Waals surface area contributed by atoms with Gasteiger partial charge in [-0.3, -0.25) is 14.4 Å². The van der Waals surface area contributed by atoms with Crippen molar-refractivity contribution in [1.29, 1.82) is 0 Å². The first-order chi connectivity index (χ1) is 18.7. The summed E-state index contributed by atoms with van der Waals surface area (Å²) in [6, 6.07) is 17.3. The average Bonchev–Trinajstić information content (AvgIpc) is 3.49. The van der Waals surface area contributed by atoms with Gasteiger partial charge in [0, 0.05) is 12.1 Å². The molecule has 0 radical (unpaired) electrons. The molecule has 0 unspecified atom stereocenters. The minimum atomic E-state index is -0.935. The van der Waals surface area contributed by atoms with Crippen LogP contribution in [0, 0.1) is 0 Å². The summed E-state index contributed by atoms with van der Waals surface area (Å²) in [4.78, 5) is 42.2. The van der Waals surface area contributed by atoms with Crippen molar-refractivity contribution < 1.29 is 23.9 Å². The van der Waals surface area contributed by atoms with E-state index in [4.69, 9.17) is 9.47 Å². The molecule has 0 saturated carbocycles. The Morgan fingerprint density at radius 1 is 0.974 bits per heavy atom. The first-order valence-electron chi connectivity index (χ1n) is 12.9. The second-order valence-corrected chi connectivity index (χ2v) is 10.7. The van der Waals surface area contributed by atoms with Crippen molar-refractivity contribution in [3.8, 4) is 11.5 Å². The third-order valence-electron chi connectivity index (χ3n) is 6.58. The number of nitrogens with zero attached hydrogens (tertiary/aromatic N) is 1. The summed E-state index contributed by atoms with van der Waals surface area (Å²) in [5, 5.41) is 7.62. The van der Waals surface area contributed by atoms with Crippen LogP contribution >= 0.6 is 11.3 Å². The van der Waals surface area contributed by atoms with Gasteiger partial charge in [0.15, 0.2) is 0 Å². The highest BCUT2D eigenvalue weighted by Crippen LogP contribution is 2.27. The summed E-state index contributed by atoms with van der Waals surface area (Å²) >= 11 is 1.30. The maximum atomic E-state index is 13.8. The fraction of sp³-hybridized carbons (Fsp3) is 0.367. The van der Waals surface area contributed by atoms with Gasteiger partial charge in [-0.25, -0.2) is 0 Å². The smallest absolute Gasteiger partial charge is 0.261 e. The van der Waals surface area contributed by atoms with Crippen LogP contribution in [-0.4, -0.2) is 55.5 Å². The maximum Gasteiger partial charge on any atom is 0.261 e. The Hall–Kier alpha value is -3.85. The lowest BCUT2D eigenvalue weighted by Crippen LogP contribution is -2.52. The van der Waals surface area contributed by atoms with Crippen LogP contribution in [0.5, 0.6) is 11.5 Å². The topological polar surface area (TPSA) is 97.0 Å². The molecule has 0 saturated heterocycles. The molecule has 0 fully saturated rings. The predicted octanol–water partition coefficient (Wildman–Crippen LogP) is 4.61. The largest absolute Gasteiger partial charge is 0.497 e. The second kappa shape index (κ2) is 13.8. The van der Waals surface area contributed by atoms with E-state index < -0.39 is 11.6 Å². The Kier molecular flexibility index (Phi) is 10.5. The van der Waals surface area contributed by atoms with E-state index in [-0.39, 0.29) is 30.8 Å². The summed E-state index contributed by atoms with van der Waals surface area (Å²) in [7, 11) is 3.16. The van der Waals surface area contributed by atoms with Crippen molar-refractivity contribution >= 4 is 29.1 Å². The van der Waals surface area contributed by atoms with Crippen molar-refractivity contribution in [2.45, 2.75) is 45.2 Å². The molecule has 8 nitrogen and oxygen atoms in total. The van der Waals surface area contributed by atoms with Gasteiger partial charge in [0.1, 0.15) is 17.5 Å². The number of methoxy groups -OCH3 is 2. The Balaban J connectivity index is 1.95. The first kappa shape index (κ1) is 29.7. The van der Waals surface area contributed by atoms with E-state index in [1.807, 2.05) is 51.1 Å². The lowest BCUT2D eigenvalue weighted by molar-refractivity contribution is -0.140. The standard InChI is InChI=1S/C30H37N3O5S/c1-6-30(2,3)32-29(36)27(22-9-7-10-24(19-22)38-5)33(17-16-21-12-14-23(37-4)15-13-21)26(34)20-31-28(35)25-11-8-18-39-25/h7-15,18-19,27H,6,16-17,20H2,1-5H3,(H,31,35)(H,32,36)/t27-/m1/s1. The fourth-order valence-corrected chi connectivity index (χ4v) is 4.61. The van der Waals surface area contributed by atoms with Gasteiger partial charge in [-0.2, -0.15) is 0 Å². The minimum absolute atomic E-state index is 0.246. The average molecular weight is 552 g/mol. The molecule has 1 heterocycles. The molecule has 0 aliphatic heterocycles. The summed E-state index contributed by atoms with van der Waals surface area (Å²) < 4.78 is 10.7. The lowest BCUT2D eigenvalue weighted by atomic mass is 9.98. The van der Waals surface area contributed by atoms with Crippen LogP contribution in [0.1, 0.15) is 54.0 Å². The van der Waals surface area contributed by atoms with Crippen LogP contribution in [-0.2, 0) is 16.0 Å². The number of benzene rings is 2. The zero-order valence-corrected chi connectivity index (χ0v) is 24.0. The summed E-state index contributed by atoms with van der Waals surface area (Å²) in [6.07, 6.45) is 1.21. The highest BCUT2D eigenvalue weighted by atomic mass is 32.1. The molecule has 1 atom stereocenters. The molecule has 3 amide bonds. The molecule has 208 valence electrons. The number of carbonyl (C=O) groups is 3. The van der Waals surface area contributed by atoms with Crippen molar-refractivity contribution in [3.63, 3.8) is 0 Å². The number of hydrogen-bond donors (Lipinski definition) is 2. The van der Waals surface area contributed by atoms with E-state index in [0.29, 0.717) is 29.0 Å². The number of hydrogen-bond acceptors (Lipinski definition) is 6. The Labute approximate surface area is 234 Å². The van der Waals surface area contributed by atoms with Gasteiger partial charge in [0.2, 0.25) is 11.8 Å². The number of ether oxygens (including phenoxy) is 2. The van der Waals surface area contributed by atoms with Gasteiger partial charge in [-0.1, -0.05) is 37.3 Å². The first-order valence-corrected chi connectivity index (χ1v) is 13.8. The second-order valence-electron chi connectivity index (χ2n) is 9.75. The number of amides is 3. The predicted molar refractivity (Wildman–Crippen MR) is 153 cm³/mol. The van der Waals surface area contributed by atoms with E-state index in [9.17, 15) is 14.4 Å². The third kappa shape index (κ3) is 8.32. The van der Waals surface area contributed by atoms with Crippen molar-refractivity contribution in [2.24, 2.45) is 0 Å². The zero-order valence-electron chi connectivity index (χ0n) is 23.2. The van der Waals surface area contributed by atoms with Crippen LogP contribution in [0.15, 0.2) is 66.0 Å². The molecular weight excluding hydrogens is 514 g/mol. The molecule has 2 N–H and O–H groups in total. The fourth-order valence-electron chi connectivity index (χ4n) is 3.97. The van der Waals surface area contributed by atoms with Gasteiger partial charge in [-0.15, -0.1) is 11.3 Å². The molecule has 1 aromatic heterocycles. The summed E-state index contributed by atoms with van der Waals surface area (Å²) in [6.45, 7) is 5.89. The van der Waals surface area contributed by atoms with Gasteiger partial charge in [0.25, 0.3) is 5.91 Å². The lowest BCUT2D eigenvalue weighted by Gasteiger charge is -2.35. The number of nitrogens with one attached hydrogen (secondary N) is 2. The van der Waals surface area contributed by atoms with Gasteiger partial charge in [0.05, 0.1) is 25.6 Å². The highest BCUT2D eigenvalue weighted by Gasteiger charge is 2.34. The minimum Gasteiger partial charge on any atom is -0.497 e. The molecule has 0 aliphatic rings. The monoisotopic (exact) mass is 551 g/mol.